The van der Waals surface area contributed by atoms with Crippen LogP contribution >= 0.6 is 11.6 Å². The van der Waals surface area contributed by atoms with Crippen LogP contribution in [0.15, 0.2) is 24.3 Å². The van der Waals surface area contributed by atoms with E-state index in [2.05, 4.69) is 6.92 Å². The molecule has 0 aliphatic rings. The first-order valence-electron chi connectivity index (χ1n) is 4.93. The minimum atomic E-state index is -0.678. The molecule has 1 nitrogen and oxygen atoms in total. The molecule has 1 N–H and O–H groups in total. The Morgan fingerprint density at radius 3 is 2.14 bits per heavy atom. The van der Waals surface area contributed by atoms with Crippen molar-refractivity contribution < 1.29 is 5.11 Å². The maximum absolute atomic E-state index is 9.97. The Balaban J connectivity index is 2.96. The first-order chi connectivity index (χ1) is 6.45. The van der Waals surface area contributed by atoms with Crippen LogP contribution in [0.5, 0.6) is 0 Å². The Morgan fingerprint density at radius 2 is 1.79 bits per heavy atom. The van der Waals surface area contributed by atoms with Gasteiger partial charge in [-0.1, -0.05) is 30.7 Å². The van der Waals surface area contributed by atoms with Crippen molar-refractivity contribution in [2.45, 2.75) is 38.7 Å². The Morgan fingerprint density at radius 1 is 1.29 bits per heavy atom. The van der Waals surface area contributed by atoms with Gasteiger partial charge in [-0.05, 0) is 38.0 Å². The summed E-state index contributed by atoms with van der Waals surface area (Å²) in [6, 6.07) is 7.69. The minimum Gasteiger partial charge on any atom is -0.390 e. The number of hydrogen-bond acceptors (Lipinski definition) is 1. The van der Waals surface area contributed by atoms with Gasteiger partial charge in [0.25, 0.3) is 0 Å². The maximum Gasteiger partial charge on any atom is 0.0659 e. The fraction of sp³-hybridized carbons (Fsp3) is 0.500. The normalized spacial score (nSPS) is 14.1. The summed E-state index contributed by atoms with van der Waals surface area (Å²) in [5.74, 6) is 0.166. The summed E-state index contributed by atoms with van der Waals surface area (Å²) in [6.07, 6.45) is 0.922. The van der Waals surface area contributed by atoms with E-state index in [1.165, 1.54) is 0 Å². The highest BCUT2D eigenvalue weighted by molar-refractivity contribution is 6.30. The molecule has 0 aliphatic heterocycles. The molecular weight excluding hydrogens is 196 g/mol. The van der Waals surface area contributed by atoms with Crippen molar-refractivity contribution in [2.24, 2.45) is 0 Å². The lowest BCUT2D eigenvalue weighted by Gasteiger charge is -2.28. The summed E-state index contributed by atoms with van der Waals surface area (Å²) in [6.45, 7) is 5.77. The standard InChI is InChI=1S/C12H17ClO/c1-4-11(12(2,3)14)9-5-7-10(13)8-6-9/h5-8,11,14H,4H2,1-3H3. The van der Waals surface area contributed by atoms with Crippen LogP contribution in [-0.2, 0) is 0 Å². The molecule has 78 valence electrons. The first kappa shape index (κ1) is 11.5. The van der Waals surface area contributed by atoms with Crippen LogP contribution in [0.25, 0.3) is 0 Å². The first-order valence-corrected chi connectivity index (χ1v) is 5.30. The van der Waals surface area contributed by atoms with Crippen molar-refractivity contribution in [3.05, 3.63) is 34.9 Å². The van der Waals surface area contributed by atoms with Gasteiger partial charge in [0, 0.05) is 10.9 Å². The predicted molar refractivity (Wildman–Crippen MR) is 60.8 cm³/mol. The maximum atomic E-state index is 9.97. The Hall–Kier alpha value is -0.530. The Kier molecular flexibility index (Phi) is 3.57. The summed E-state index contributed by atoms with van der Waals surface area (Å²) in [7, 11) is 0. The van der Waals surface area contributed by atoms with E-state index in [-0.39, 0.29) is 5.92 Å². The van der Waals surface area contributed by atoms with Gasteiger partial charge in [0.2, 0.25) is 0 Å². The smallest absolute Gasteiger partial charge is 0.0659 e. The molecule has 0 aliphatic carbocycles. The molecule has 0 fully saturated rings. The monoisotopic (exact) mass is 212 g/mol. The van der Waals surface area contributed by atoms with Gasteiger partial charge in [-0.2, -0.15) is 0 Å². The molecule has 2 heteroatoms. The third-order valence-corrected chi connectivity index (χ3v) is 2.79. The lowest BCUT2D eigenvalue weighted by atomic mass is 9.83. The Labute approximate surface area is 90.7 Å². The molecule has 0 spiro atoms. The summed E-state index contributed by atoms with van der Waals surface area (Å²) >= 11 is 5.81. The average molecular weight is 213 g/mol. The molecule has 1 aromatic carbocycles. The number of halogens is 1. The Bertz CT molecular complexity index is 284. The van der Waals surface area contributed by atoms with Gasteiger partial charge >= 0.3 is 0 Å². The van der Waals surface area contributed by atoms with Crippen molar-refractivity contribution in [1.29, 1.82) is 0 Å². The molecule has 1 atom stereocenters. The lowest BCUT2D eigenvalue weighted by Crippen LogP contribution is -2.28. The zero-order chi connectivity index (χ0) is 10.8. The molecule has 0 aromatic heterocycles. The predicted octanol–water partition coefficient (Wildman–Crippen LogP) is 3.60. The van der Waals surface area contributed by atoms with Crippen LogP contribution in [-0.4, -0.2) is 10.7 Å². The van der Waals surface area contributed by atoms with Crippen LogP contribution < -0.4 is 0 Å². The molecule has 1 rings (SSSR count). The third-order valence-electron chi connectivity index (χ3n) is 2.53. The van der Waals surface area contributed by atoms with Gasteiger partial charge in [0.05, 0.1) is 5.60 Å². The van der Waals surface area contributed by atoms with Gasteiger partial charge in [-0.15, -0.1) is 0 Å². The van der Waals surface area contributed by atoms with Crippen LogP contribution in [0, 0.1) is 0 Å². The van der Waals surface area contributed by atoms with Crippen molar-refractivity contribution in [1.82, 2.24) is 0 Å². The van der Waals surface area contributed by atoms with Crippen LogP contribution in [0.4, 0.5) is 0 Å². The van der Waals surface area contributed by atoms with E-state index in [9.17, 15) is 5.11 Å². The molecule has 1 aromatic rings. The molecular formula is C12H17ClO. The second-order valence-electron chi connectivity index (χ2n) is 4.17. The van der Waals surface area contributed by atoms with E-state index in [0.717, 1.165) is 17.0 Å². The number of hydrogen-bond donors (Lipinski definition) is 1. The van der Waals surface area contributed by atoms with Crippen LogP contribution in [0.2, 0.25) is 5.02 Å². The molecule has 1 unspecified atom stereocenters. The van der Waals surface area contributed by atoms with Gasteiger partial charge < -0.3 is 5.11 Å². The SMILES string of the molecule is CCC(c1ccc(Cl)cc1)C(C)(C)O. The molecule has 0 saturated carbocycles. The number of aliphatic hydroxyl groups is 1. The second kappa shape index (κ2) is 4.33. The summed E-state index contributed by atoms with van der Waals surface area (Å²) in [4.78, 5) is 0. The summed E-state index contributed by atoms with van der Waals surface area (Å²) < 4.78 is 0. The van der Waals surface area contributed by atoms with Crippen molar-refractivity contribution >= 4 is 11.6 Å². The van der Waals surface area contributed by atoms with Gasteiger partial charge in [-0.25, -0.2) is 0 Å². The molecule has 0 bridgehead atoms. The summed E-state index contributed by atoms with van der Waals surface area (Å²) in [5, 5.41) is 10.7. The van der Waals surface area contributed by atoms with Crippen LogP contribution in [0.1, 0.15) is 38.7 Å². The molecule has 0 amide bonds. The van der Waals surface area contributed by atoms with Gasteiger partial charge in [-0.3, -0.25) is 0 Å². The molecule has 0 radical (unpaired) electrons. The van der Waals surface area contributed by atoms with Crippen molar-refractivity contribution in [3.63, 3.8) is 0 Å². The lowest BCUT2D eigenvalue weighted by molar-refractivity contribution is 0.0483. The minimum absolute atomic E-state index is 0.166. The highest BCUT2D eigenvalue weighted by Gasteiger charge is 2.26. The molecule has 14 heavy (non-hydrogen) atoms. The number of benzene rings is 1. The highest BCUT2D eigenvalue weighted by atomic mass is 35.5. The van der Waals surface area contributed by atoms with Crippen molar-refractivity contribution in [2.75, 3.05) is 0 Å². The van der Waals surface area contributed by atoms with Gasteiger partial charge in [0.1, 0.15) is 0 Å². The topological polar surface area (TPSA) is 20.2 Å². The largest absolute Gasteiger partial charge is 0.390 e. The number of rotatable bonds is 3. The molecule has 0 heterocycles. The third kappa shape index (κ3) is 2.73. The average Bonchev–Trinajstić information content (AvgIpc) is 2.07. The zero-order valence-corrected chi connectivity index (χ0v) is 9.67. The fourth-order valence-electron chi connectivity index (χ4n) is 1.84. The van der Waals surface area contributed by atoms with E-state index in [0.29, 0.717) is 0 Å². The quantitative estimate of drug-likeness (QED) is 0.812. The fourth-order valence-corrected chi connectivity index (χ4v) is 1.96. The van der Waals surface area contributed by atoms with E-state index >= 15 is 0 Å². The van der Waals surface area contributed by atoms with Gasteiger partial charge in [0.15, 0.2) is 0 Å². The summed E-state index contributed by atoms with van der Waals surface area (Å²) in [5.41, 5.74) is 0.465. The van der Waals surface area contributed by atoms with E-state index in [4.69, 9.17) is 11.6 Å². The second-order valence-corrected chi connectivity index (χ2v) is 4.60. The van der Waals surface area contributed by atoms with E-state index < -0.39 is 5.60 Å². The van der Waals surface area contributed by atoms with E-state index in [1.54, 1.807) is 0 Å². The van der Waals surface area contributed by atoms with Crippen LogP contribution in [0.3, 0.4) is 0 Å². The van der Waals surface area contributed by atoms with Crippen molar-refractivity contribution in [3.8, 4) is 0 Å². The highest BCUT2D eigenvalue weighted by Crippen LogP contribution is 2.31. The zero-order valence-electron chi connectivity index (χ0n) is 8.92. The molecule has 0 saturated heterocycles. The van der Waals surface area contributed by atoms with E-state index in [1.807, 2.05) is 38.1 Å².